The topological polar surface area (TPSA) is 214 Å². The minimum Gasteiger partial charge on any atom is -0.480 e. The van der Waals surface area contributed by atoms with Crippen LogP contribution in [0.5, 0.6) is 0 Å². The predicted octanol–water partition coefficient (Wildman–Crippen LogP) is -3.22. The van der Waals surface area contributed by atoms with Crippen LogP contribution in [0.15, 0.2) is 0 Å². The third-order valence-electron chi connectivity index (χ3n) is 3.84. The highest BCUT2D eigenvalue weighted by Crippen LogP contribution is 2.04. The number of nitrogens with two attached hydrogens (primary N) is 2. The molecule has 9 N–H and O–H groups in total. The number of aliphatic hydroxyl groups excluding tert-OH is 1. The maximum atomic E-state index is 12.4. The summed E-state index contributed by atoms with van der Waals surface area (Å²) >= 11 is 0. The first-order valence-electron chi connectivity index (χ1n) is 8.63. The average molecular weight is 403 g/mol. The first-order valence-corrected chi connectivity index (χ1v) is 8.63. The zero-order valence-electron chi connectivity index (χ0n) is 16.3. The van der Waals surface area contributed by atoms with Crippen molar-refractivity contribution in [1.82, 2.24) is 16.0 Å². The van der Waals surface area contributed by atoms with Gasteiger partial charge in [0.25, 0.3) is 0 Å². The molecule has 4 amide bonds. The van der Waals surface area contributed by atoms with Gasteiger partial charge in [0, 0.05) is 0 Å². The number of hydrogen-bond donors (Lipinski definition) is 7. The second-order valence-electron chi connectivity index (χ2n) is 6.80. The molecule has 0 aromatic carbocycles. The molecule has 5 atom stereocenters. The van der Waals surface area contributed by atoms with Crippen LogP contribution in [0.25, 0.3) is 0 Å². The van der Waals surface area contributed by atoms with Crippen molar-refractivity contribution in [1.29, 1.82) is 0 Å². The van der Waals surface area contributed by atoms with Crippen molar-refractivity contribution >= 4 is 29.6 Å². The fourth-order valence-corrected chi connectivity index (χ4v) is 2.07. The molecule has 0 fully saturated rings. The van der Waals surface area contributed by atoms with Gasteiger partial charge in [-0.15, -0.1) is 0 Å². The van der Waals surface area contributed by atoms with Gasteiger partial charge in [0.2, 0.25) is 23.6 Å². The van der Waals surface area contributed by atoms with E-state index >= 15 is 0 Å². The van der Waals surface area contributed by atoms with Crippen molar-refractivity contribution in [2.75, 3.05) is 0 Å². The van der Waals surface area contributed by atoms with Crippen molar-refractivity contribution in [3.8, 4) is 0 Å². The van der Waals surface area contributed by atoms with E-state index in [9.17, 15) is 29.1 Å². The standard InChI is InChI=1S/C16H29N5O7/c1-6(2)12(15(26)20-9(16(27)28)5-10(17)23)21-13(24)7(3)19-14(25)11(18)8(4)22/h6-9,11-12,22H,5,18H2,1-4H3,(H2,17,23)(H,19,25)(H,20,26)(H,21,24)(H,27,28). The van der Waals surface area contributed by atoms with E-state index in [1.165, 1.54) is 13.8 Å². The van der Waals surface area contributed by atoms with Gasteiger partial charge in [0.1, 0.15) is 24.2 Å². The number of nitrogens with one attached hydrogen (secondary N) is 3. The number of aliphatic hydroxyl groups is 1. The number of aliphatic carboxylic acids is 1. The number of hydrogen-bond acceptors (Lipinski definition) is 7. The third-order valence-corrected chi connectivity index (χ3v) is 3.84. The summed E-state index contributed by atoms with van der Waals surface area (Å²) < 4.78 is 0. The van der Waals surface area contributed by atoms with Gasteiger partial charge in [0.15, 0.2) is 0 Å². The largest absolute Gasteiger partial charge is 0.480 e. The Morgan fingerprint density at radius 2 is 1.43 bits per heavy atom. The lowest BCUT2D eigenvalue weighted by atomic mass is 10.0. The van der Waals surface area contributed by atoms with Gasteiger partial charge in [-0.3, -0.25) is 19.2 Å². The Kier molecular flexibility index (Phi) is 10.1. The Hall–Kier alpha value is -2.73. The molecule has 0 aliphatic rings. The van der Waals surface area contributed by atoms with E-state index in [1.54, 1.807) is 13.8 Å². The Morgan fingerprint density at radius 3 is 1.82 bits per heavy atom. The maximum Gasteiger partial charge on any atom is 0.326 e. The Morgan fingerprint density at radius 1 is 0.893 bits per heavy atom. The summed E-state index contributed by atoms with van der Waals surface area (Å²) in [6.07, 6.45) is -1.73. The van der Waals surface area contributed by atoms with Crippen LogP contribution in [0.1, 0.15) is 34.1 Å². The summed E-state index contributed by atoms with van der Waals surface area (Å²) in [4.78, 5) is 58.6. The average Bonchev–Trinajstić information content (AvgIpc) is 2.56. The minimum absolute atomic E-state index is 0.436. The van der Waals surface area contributed by atoms with Crippen LogP contribution >= 0.6 is 0 Å². The highest BCUT2D eigenvalue weighted by atomic mass is 16.4. The fraction of sp³-hybridized carbons (Fsp3) is 0.688. The molecule has 0 saturated heterocycles. The third kappa shape index (κ3) is 8.31. The number of carboxylic acids is 1. The fourth-order valence-electron chi connectivity index (χ4n) is 2.07. The lowest BCUT2D eigenvalue weighted by Crippen LogP contribution is -2.58. The van der Waals surface area contributed by atoms with Crippen LogP contribution in [-0.2, 0) is 24.0 Å². The van der Waals surface area contributed by atoms with Crippen LogP contribution in [0, 0.1) is 5.92 Å². The van der Waals surface area contributed by atoms with Crippen LogP contribution in [0.4, 0.5) is 0 Å². The Balaban J connectivity index is 5.06. The van der Waals surface area contributed by atoms with Crippen LogP contribution in [0.3, 0.4) is 0 Å². The first-order chi connectivity index (χ1) is 12.8. The number of rotatable bonds is 11. The molecule has 0 aromatic rings. The van der Waals surface area contributed by atoms with E-state index in [2.05, 4.69) is 16.0 Å². The number of carboxylic acid groups (broad SMARTS) is 1. The van der Waals surface area contributed by atoms with E-state index < -0.39 is 72.2 Å². The number of primary amides is 1. The lowest BCUT2D eigenvalue weighted by molar-refractivity contribution is -0.144. The zero-order chi connectivity index (χ0) is 22.2. The van der Waals surface area contributed by atoms with E-state index in [0.717, 1.165) is 0 Å². The number of carbonyl (C=O) groups is 5. The van der Waals surface area contributed by atoms with Crippen molar-refractivity contribution in [2.45, 2.75) is 64.4 Å². The van der Waals surface area contributed by atoms with Crippen LogP contribution in [0.2, 0.25) is 0 Å². The predicted molar refractivity (Wildman–Crippen MR) is 97.4 cm³/mol. The van der Waals surface area contributed by atoms with E-state index in [4.69, 9.17) is 16.6 Å². The van der Waals surface area contributed by atoms with Gasteiger partial charge in [-0.2, -0.15) is 0 Å². The quantitative estimate of drug-likeness (QED) is 0.186. The molecule has 0 saturated carbocycles. The SMILES string of the molecule is CC(NC(=O)C(N)C(C)O)C(=O)NC(C(=O)NC(CC(N)=O)C(=O)O)C(C)C. The molecular formula is C16H29N5O7. The number of amides is 4. The van der Waals surface area contributed by atoms with E-state index in [-0.39, 0.29) is 0 Å². The first kappa shape index (κ1) is 25.3. The van der Waals surface area contributed by atoms with Crippen molar-refractivity contribution < 1.29 is 34.2 Å². The molecule has 160 valence electrons. The summed E-state index contributed by atoms with van der Waals surface area (Å²) in [5, 5.41) is 25.2. The molecule has 0 radical (unpaired) electrons. The molecule has 12 nitrogen and oxygen atoms in total. The van der Waals surface area contributed by atoms with Gasteiger partial charge < -0.3 is 37.6 Å². The van der Waals surface area contributed by atoms with Gasteiger partial charge in [-0.1, -0.05) is 13.8 Å². The molecule has 0 spiro atoms. The molecule has 0 rings (SSSR count). The van der Waals surface area contributed by atoms with E-state index in [1.807, 2.05) is 0 Å². The van der Waals surface area contributed by atoms with Crippen LogP contribution < -0.4 is 27.4 Å². The van der Waals surface area contributed by atoms with Gasteiger partial charge in [0.05, 0.1) is 12.5 Å². The molecule has 28 heavy (non-hydrogen) atoms. The van der Waals surface area contributed by atoms with Gasteiger partial charge >= 0.3 is 5.97 Å². The van der Waals surface area contributed by atoms with Crippen molar-refractivity contribution in [3.63, 3.8) is 0 Å². The molecule has 5 unspecified atom stereocenters. The minimum atomic E-state index is -1.54. The van der Waals surface area contributed by atoms with E-state index in [0.29, 0.717) is 0 Å². The summed E-state index contributed by atoms with van der Waals surface area (Å²) in [6, 6.07) is -4.98. The molecule has 0 bridgehead atoms. The summed E-state index contributed by atoms with van der Waals surface area (Å²) in [6.45, 7) is 5.89. The molecular weight excluding hydrogens is 374 g/mol. The monoisotopic (exact) mass is 403 g/mol. The summed E-state index contributed by atoms with van der Waals surface area (Å²) in [7, 11) is 0. The van der Waals surface area contributed by atoms with Crippen molar-refractivity contribution in [3.05, 3.63) is 0 Å². The van der Waals surface area contributed by atoms with Gasteiger partial charge in [-0.05, 0) is 19.8 Å². The normalized spacial score (nSPS) is 16.2. The van der Waals surface area contributed by atoms with Crippen LogP contribution in [-0.4, -0.2) is 70.1 Å². The number of carbonyl (C=O) groups excluding carboxylic acids is 4. The van der Waals surface area contributed by atoms with Gasteiger partial charge in [-0.25, -0.2) is 4.79 Å². The molecule has 0 heterocycles. The second-order valence-corrected chi connectivity index (χ2v) is 6.80. The summed E-state index contributed by atoms with van der Waals surface area (Å²) in [5.74, 6) is -5.10. The maximum absolute atomic E-state index is 12.4. The second kappa shape index (κ2) is 11.2. The summed E-state index contributed by atoms with van der Waals surface area (Å²) in [5.41, 5.74) is 10.4. The lowest BCUT2D eigenvalue weighted by Gasteiger charge is -2.26. The molecule has 12 heteroatoms. The highest BCUT2D eigenvalue weighted by molar-refractivity contribution is 5.94. The molecule has 0 aromatic heterocycles. The zero-order valence-corrected chi connectivity index (χ0v) is 16.3. The molecule has 0 aliphatic heterocycles. The Labute approximate surface area is 162 Å². The van der Waals surface area contributed by atoms with Crippen molar-refractivity contribution in [2.24, 2.45) is 17.4 Å². The highest BCUT2D eigenvalue weighted by Gasteiger charge is 2.31. The smallest absolute Gasteiger partial charge is 0.326 e. The molecule has 0 aliphatic carbocycles. The Bertz CT molecular complexity index is 608.